The number of thiophene rings is 1. The third-order valence-corrected chi connectivity index (χ3v) is 7.50. The van der Waals surface area contributed by atoms with Gasteiger partial charge in [0.2, 0.25) is 0 Å². The molecule has 1 saturated heterocycles. The lowest BCUT2D eigenvalue weighted by Crippen LogP contribution is -2.19. The van der Waals surface area contributed by atoms with Crippen molar-refractivity contribution >= 4 is 34.7 Å². The maximum absolute atomic E-state index is 13.2. The molecule has 1 fully saturated rings. The number of thioether (sulfide) groups is 1. The average Bonchev–Trinajstić information content (AvgIpc) is 3.50. The maximum Gasteiger partial charge on any atom is 0.192 e. The van der Waals surface area contributed by atoms with Crippen molar-refractivity contribution in [3.8, 4) is 10.7 Å². The summed E-state index contributed by atoms with van der Waals surface area (Å²) in [6.45, 7) is 8.48. The normalized spacial score (nSPS) is 17.2. The van der Waals surface area contributed by atoms with Gasteiger partial charge >= 0.3 is 0 Å². The van der Waals surface area contributed by atoms with Crippen molar-refractivity contribution in [2.45, 2.75) is 63.6 Å². The highest BCUT2D eigenvalue weighted by molar-refractivity contribution is 8.00. The summed E-state index contributed by atoms with van der Waals surface area (Å²) in [6.07, 6.45) is 2.20. The van der Waals surface area contributed by atoms with Gasteiger partial charge in [-0.15, -0.1) is 21.5 Å². The van der Waals surface area contributed by atoms with Crippen LogP contribution < -0.4 is 0 Å². The number of hydrogen-bond acceptors (Lipinski definition) is 7. The van der Waals surface area contributed by atoms with E-state index in [0.717, 1.165) is 35.8 Å². The fraction of sp³-hybridized carbons (Fsp3) is 0.455. The van der Waals surface area contributed by atoms with Crippen molar-refractivity contribution in [1.29, 1.82) is 0 Å². The number of aryl methyl sites for hydroxylation is 1. The van der Waals surface area contributed by atoms with E-state index in [9.17, 15) is 9.59 Å². The monoisotopic (exact) mass is 458 g/mol. The van der Waals surface area contributed by atoms with E-state index < -0.39 is 0 Å². The van der Waals surface area contributed by atoms with Crippen LogP contribution in [0.15, 0.2) is 22.7 Å². The molecule has 1 aliphatic rings. The smallest absolute Gasteiger partial charge is 0.192 e. The summed E-state index contributed by atoms with van der Waals surface area (Å²) in [7, 11) is 0. The number of nitrogens with one attached hydrogen (secondary N) is 1. The first-order valence-corrected chi connectivity index (χ1v) is 12.1. The molecule has 9 heteroatoms. The van der Waals surface area contributed by atoms with E-state index in [-0.39, 0.29) is 22.9 Å². The number of ether oxygens (including phenoxy) is 1. The Balaban J connectivity index is 1.60. The number of nitrogens with zero attached hydrogens (tertiary/aromatic N) is 3. The molecular formula is C22H26N4O3S2. The molecule has 7 nitrogen and oxygen atoms in total. The molecule has 31 heavy (non-hydrogen) atoms. The number of aromatic amines is 1. The first-order valence-electron chi connectivity index (χ1n) is 10.4. The Hall–Kier alpha value is -2.23. The van der Waals surface area contributed by atoms with Crippen molar-refractivity contribution in [1.82, 2.24) is 19.7 Å². The number of Topliss-reactive ketones (excluding diaryl/α,β-unsaturated/α-hetero) is 2. The summed E-state index contributed by atoms with van der Waals surface area (Å²) >= 11 is 3.01. The molecule has 0 unspecified atom stereocenters. The fourth-order valence-corrected chi connectivity index (χ4v) is 5.69. The second-order valence-electron chi connectivity index (χ2n) is 7.83. The predicted octanol–water partition coefficient (Wildman–Crippen LogP) is 4.70. The van der Waals surface area contributed by atoms with Gasteiger partial charge in [0.05, 0.1) is 28.5 Å². The van der Waals surface area contributed by atoms with Gasteiger partial charge in [0, 0.05) is 17.9 Å². The average molecular weight is 459 g/mol. The molecule has 0 aliphatic carbocycles. The van der Waals surface area contributed by atoms with E-state index in [2.05, 4.69) is 19.7 Å². The summed E-state index contributed by atoms with van der Waals surface area (Å²) in [6, 6.07) is 4.02. The van der Waals surface area contributed by atoms with E-state index in [1.165, 1.54) is 18.7 Å². The number of rotatable bonds is 8. The summed E-state index contributed by atoms with van der Waals surface area (Å²) < 4.78 is 7.92. The highest BCUT2D eigenvalue weighted by Crippen LogP contribution is 2.32. The Kier molecular flexibility index (Phi) is 6.45. The van der Waals surface area contributed by atoms with Crippen molar-refractivity contribution in [2.75, 3.05) is 6.61 Å². The van der Waals surface area contributed by atoms with Gasteiger partial charge in [-0.1, -0.05) is 17.8 Å². The van der Waals surface area contributed by atoms with Crippen LogP contribution in [0.5, 0.6) is 0 Å². The molecule has 164 valence electrons. The van der Waals surface area contributed by atoms with Crippen LogP contribution in [0.4, 0.5) is 0 Å². The van der Waals surface area contributed by atoms with Gasteiger partial charge in [-0.2, -0.15) is 0 Å². The van der Waals surface area contributed by atoms with Gasteiger partial charge < -0.3 is 9.72 Å². The highest BCUT2D eigenvalue weighted by atomic mass is 32.2. The molecule has 0 bridgehead atoms. The molecule has 2 atom stereocenters. The van der Waals surface area contributed by atoms with E-state index >= 15 is 0 Å². The lowest BCUT2D eigenvalue weighted by Gasteiger charge is -2.16. The second kappa shape index (κ2) is 9.10. The minimum Gasteiger partial charge on any atom is -0.376 e. The Bertz CT molecular complexity index is 1090. The number of ketones is 2. The summed E-state index contributed by atoms with van der Waals surface area (Å²) in [5.41, 5.74) is 2.53. The van der Waals surface area contributed by atoms with Crippen LogP contribution in [0.2, 0.25) is 0 Å². The molecule has 0 spiro atoms. The second-order valence-corrected chi connectivity index (χ2v) is 10.1. The summed E-state index contributed by atoms with van der Waals surface area (Å²) in [5, 5.41) is 11.2. The van der Waals surface area contributed by atoms with Gasteiger partial charge in [-0.05, 0) is 57.5 Å². The Morgan fingerprint density at radius 1 is 1.39 bits per heavy atom. The molecule has 0 radical (unpaired) electrons. The number of hydrogen-bond donors (Lipinski definition) is 1. The van der Waals surface area contributed by atoms with Gasteiger partial charge in [-0.25, -0.2) is 0 Å². The van der Waals surface area contributed by atoms with E-state index in [1.54, 1.807) is 11.3 Å². The zero-order valence-corrected chi connectivity index (χ0v) is 19.7. The number of H-pyrrole nitrogens is 1. The van der Waals surface area contributed by atoms with Crippen molar-refractivity contribution in [3.63, 3.8) is 0 Å². The Morgan fingerprint density at radius 3 is 2.81 bits per heavy atom. The quantitative estimate of drug-likeness (QED) is 0.389. The third kappa shape index (κ3) is 4.40. The largest absolute Gasteiger partial charge is 0.376 e. The highest BCUT2D eigenvalue weighted by Gasteiger charge is 2.28. The topological polar surface area (TPSA) is 89.9 Å². The minimum absolute atomic E-state index is 0.0393. The molecule has 0 saturated carbocycles. The zero-order valence-electron chi connectivity index (χ0n) is 18.1. The van der Waals surface area contributed by atoms with Crippen LogP contribution in [0.3, 0.4) is 0 Å². The minimum atomic E-state index is -0.389. The molecule has 0 amide bonds. The van der Waals surface area contributed by atoms with E-state index in [1.807, 2.05) is 38.3 Å². The van der Waals surface area contributed by atoms with E-state index in [0.29, 0.717) is 28.5 Å². The first-order chi connectivity index (χ1) is 14.9. The van der Waals surface area contributed by atoms with Gasteiger partial charge in [0.1, 0.15) is 0 Å². The van der Waals surface area contributed by atoms with Crippen LogP contribution in [0.25, 0.3) is 10.7 Å². The van der Waals surface area contributed by atoms with Crippen molar-refractivity contribution in [3.05, 3.63) is 40.0 Å². The molecule has 1 aliphatic heterocycles. The number of carbonyl (C=O) groups excluding carboxylic acids is 2. The lowest BCUT2D eigenvalue weighted by molar-refractivity contribution is 0.0953. The van der Waals surface area contributed by atoms with Crippen LogP contribution in [0, 0.1) is 13.8 Å². The van der Waals surface area contributed by atoms with Crippen LogP contribution in [0.1, 0.15) is 58.8 Å². The zero-order chi connectivity index (χ0) is 22.1. The summed E-state index contributed by atoms with van der Waals surface area (Å²) in [4.78, 5) is 29.3. The predicted molar refractivity (Wildman–Crippen MR) is 122 cm³/mol. The van der Waals surface area contributed by atoms with Gasteiger partial charge in [0.15, 0.2) is 22.5 Å². The number of aromatic nitrogens is 4. The Labute approximate surface area is 189 Å². The fourth-order valence-electron chi connectivity index (χ4n) is 4.06. The Morgan fingerprint density at radius 2 is 2.19 bits per heavy atom. The van der Waals surface area contributed by atoms with E-state index in [4.69, 9.17) is 4.74 Å². The number of carbonyl (C=O) groups is 2. The molecule has 3 aromatic rings. The van der Waals surface area contributed by atoms with Crippen molar-refractivity contribution < 1.29 is 14.3 Å². The van der Waals surface area contributed by atoms with Crippen molar-refractivity contribution in [2.24, 2.45) is 0 Å². The molecule has 4 rings (SSSR count). The SMILES string of the molecule is CC(=O)c1c(C)[nH]c(C(=O)[C@H](C)Sc2nnc(-c3cccs3)n2C[C@H]2CCCO2)c1C. The standard InChI is InChI=1S/C22H26N4O3S2/c1-12-18(14(3)27)13(2)23-19(12)20(28)15(4)31-22-25-24-21(17-8-6-10-30-17)26(22)11-16-7-5-9-29-16/h6,8,10,15-16,23H,5,7,9,11H2,1-4H3/t15-,16+/m0/s1. The molecule has 0 aromatic carbocycles. The third-order valence-electron chi connectivity index (χ3n) is 5.56. The maximum atomic E-state index is 13.2. The molecular weight excluding hydrogens is 432 g/mol. The van der Waals surface area contributed by atoms with Crippen LogP contribution in [-0.2, 0) is 11.3 Å². The van der Waals surface area contributed by atoms with Gasteiger partial charge in [0.25, 0.3) is 0 Å². The lowest BCUT2D eigenvalue weighted by atomic mass is 10.0. The molecule has 1 N–H and O–H groups in total. The van der Waals surface area contributed by atoms with Crippen LogP contribution in [-0.4, -0.2) is 49.3 Å². The molecule has 4 heterocycles. The van der Waals surface area contributed by atoms with Crippen LogP contribution >= 0.6 is 23.1 Å². The summed E-state index contributed by atoms with van der Waals surface area (Å²) in [5.74, 6) is 0.711. The first kappa shape index (κ1) is 22.0. The van der Waals surface area contributed by atoms with Gasteiger partial charge in [-0.3, -0.25) is 14.2 Å². The molecule has 3 aromatic heterocycles.